The number of carbonyl (C=O) groups excluding carboxylic acids is 2. The zero-order valence-corrected chi connectivity index (χ0v) is 19.9. The number of hydrogen-bond acceptors (Lipinski definition) is 7. The molecule has 0 radical (unpaired) electrons. The minimum absolute atomic E-state index is 0.0956. The van der Waals surface area contributed by atoms with Crippen LogP contribution < -0.4 is 0 Å². The summed E-state index contributed by atoms with van der Waals surface area (Å²) in [5, 5.41) is 20.0. The average Bonchev–Trinajstić information content (AvgIpc) is 3.23. The van der Waals surface area contributed by atoms with E-state index in [9.17, 15) is 14.7 Å². The van der Waals surface area contributed by atoms with Crippen molar-refractivity contribution in [2.24, 2.45) is 0 Å². The third kappa shape index (κ3) is 6.43. The third-order valence-electron chi connectivity index (χ3n) is 5.30. The standard InChI is InChI=1S/C26H31N3O5/c1-18(17-30)33-13-7-8-14-34-24(31)12-11-19-15-20(26(2,3)4)25(32)23(16-19)29-27-21-9-5-6-10-22(21)28-29/h5-6,9-10,15-17,32H,1,7-8,11-14H2,2-4H3. The molecule has 0 aliphatic heterocycles. The van der Waals surface area contributed by atoms with E-state index < -0.39 is 0 Å². The van der Waals surface area contributed by atoms with Gasteiger partial charge in [0, 0.05) is 12.0 Å². The van der Waals surface area contributed by atoms with Crippen LogP contribution in [0.25, 0.3) is 16.7 Å². The largest absolute Gasteiger partial charge is 0.505 e. The van der Waals surface area contributed by atoms with Crippen LogP contribution >= 0.6 is 0 Å². The van der Waals surface area contributed by atoms with Crippen LogP contribution in [0.4, 0.5) is 0 Å². The van der Waals surface area contributed by atoms with E-state index in [4.69, 9.17) is 9.47 Å². The van der Waals surface area contributed by atoms with E-state index in [2.05, 4.69) is 16.8 Å². The van der Waals surface area contributed by atoms with E-state index in [1.807, 2.05) is 57.2 Å². The highest BCUT2D eigenvalue weighted by Crippen LogP contribution is 2.36. The summed E-state index contributed by atoms with van der Waals surface area (Å²) in [5.74, 6) is -0.0787. The molecule has 0 saturated carbocycles. The van der Waals surface area contributed by atoms with E-state index in [1.54, 1.807) is 0 Å². The number of carbonyl (C=O) groups is 2. The molecule has 8 nitrogen and oxygen atoms in total. The number of aryl methyl sites for hydroxylation is 1. The van der Waals surface area contributed by atoms with Gasteiger partial charge in [-0.25, -0.2) is 0 Å². The second-order valence-electron chi connectivity index (χ2n) is 9.10. The third-order valence-corrected chi connectivity index (χ3v) is 5.30. The van der Waals surface area contributed by atoms with Gasteiger partial charge in [0.25, 0.3) is 0 Å². The maximum absolute atomic E-state index is 12.2. The summed E-state index contributed by atoms with van der Waals surface area (Å²) in [6, 6.07) is 11.2. The molecule has 2 aromatic carbocycles. The van der Waals surface area contributed by atoms with Gasteiger partial charge in [-0.2, -0.15) is 0 Å². The molecule has 8 heteroatoms. The fourth-order valence-electron chi connectivity index (χ4n) is 3.46. The maximum Gasteiger partial charge on any atom is 0.306 e. The van der Waals surface area contributed by atoms with Crippen LogP contribution in [-0.4, -0.2) is 45.6 Å². The van der Waals surface area contributed by atoms with E-state index in [0.29, 0.717) is 37.8 Å². The molecule has 3 rings (SSSR count). The first-order valence-corrected chi connectivity index (χ1v) is 11.3. The molecule has 1 heterocycles. The Morgan fingerprint density at radius 1 is 1.09 bits per heavy atom. The summed E-state index contributed by atoms with van der Waals surface area (Å²) in [6.07, 6.45) is 2.51. The number of aromatic hydroxyl groups is 1. The summed E-state index contributed by atoms with van der Waals surface area (Å²) in [4.78, 5) is 24.1. The highest BCUT2D eigenvalue weighted by atomic mass is 16.5. The average molecular weight is 466 g/mol. The second-order valence-corrected chi connectivity index (χ2v) is 9.10. The first-order valence-electron chi connectivity index (χ1n) is 11.3. The van der Waals surface area contributed by atoms with Gasteiger partial charge in [0.1, 0.15) is 22.5 Å². The van der Waals surface area contributed by atoms with Gasteiger partial charge in [-0.15, -0.1) is 15.0 Å². The summed E-state index contributed by atoms with van der Waals surface area (Å²) in [6.45, 7) is 10.1. The number of allylic oxidation sites excluding steroid dienone is 1. The van der Waals surface area contributed by atoms with E-state index >= 15 is 0 Å². The topological polar surface area (TPSA) is 104 Å². The van der Waals surface area contributed by atoms with Gasteiger partial charge in [-0.05, 0) is 48.4 Å². The van der Waals surface area contributed by atoms with Crippen molar-refractivity contribution in [2.45, 2.75) is 51.9 Å². The smallest absolute Gasteiger partial charge is 0.306 e. The summed E-state index contributed by atoms with van der Waals surface area (Å²) in [5.41, 5.74) is 3.26. The molecule has 180 valence electrons. The quantitative estimate of drug-likeness (QED) is 0.147. The van der Waals surface area contributed by atoms with Crippen molar-refractivity contribution < 1.29 is 24.2 Å². The number of aromatic nitrogens is 3. The number of phenols is 1. The van der Waals surface area contributed by atoms with Gasteiger partial charge in [-0.3, -0.25) is 9.59 Å². The van der Waals surface area contributed by atoms with Crippen LogP contribution in [0.2, 0.25) is 0 Å². The molecule has 0 fully saturated rings. The molecule has 0 bridgehead atoms. The number of unbranched alkanes of at least 4 members (excludes halogenated alkanes) is 1. The monoisotopic (exact) mass is 465 g/mol. The van der Waals surface area contributed by atoms with E-state index in [-0.39, 0.29) is 35.9 Å². The molecule has 0 unspecified atom stereocenters. The molecular formula is C26H31N3O5. The molecule has 0 amide bonds. The Hall–Kier alpha value is -3.68. The zero-order chi connectivity index (χ0) is 24.7. The SMILES string of the molecule is C=C(C=O)OCCCCOC(=O)CCc1cc(-n2nc3ccccc3n2)c(O)c(C(C)(C)C)c1. The van der Waals surface area contributed by atoms with E-state index in [0.717, 1.165) is 22.2 Å². The number of fused-ring (bicyclic) bond motifs is 1. The Morgan fingerprint density at radius 2 is 1.71 bits per heavy atom. The molecule has 3 aromatic rings. The Bertz CT molecular complexity index is 1140. The van der Waals surface area contributed by atoms with Crippen molar-refractivity contribution in [1.29, 1.82) is 0 Å². The first-order chi connectivity index (χ1) is 16.2. The van der Waals surface area contributed by atoms with Crippen LogP contribution in [0, 0.1) is 0 Å². The maximum atomic E-state index is 12.2. The molecular weight excluding hydrogens is 434 g/mol. The molecule has 0 spiro atoms. The zero-order valence-electron chi connectivity index (χ0n) is 19.9. The van der Waals surface area contributed by atoms with Crippen LogP contribution in [-0.2, 0) is 30.9 Å². The molecule has 1 N–H and O–H groups in total. The van der Waals surface area contributed by atoms with Crippen molar-refractivity contribution >= 4 is 23.3 Å². The van der Waals surface area contributed by atoms with Gasteiger partial charge < -0.3 is 14.6 Å². The minimum atomic E-state index is -0.320. The lowest BCUT2D eigenvalue weighted by atomic mass is 9.84. The highest BCUT2D eigenvalue weighted by Gasteiger charge is 2.23. The van der Waals surface area contributed by atoms with Gasteiger partial charge in [0.05, 0.1) is 13.2 Å². The normalized spacial score (nSPS) is 11.4. The van der Waals surface area contributed by atoms with Crippen molar-refractivity contribution in [3.05, 3.63) is 59.9 Å². The van der Waals surface area contributed by atoms with Gasteiger partial charge in [-0.1, -0.05) is 45.5 Å². The number of hydrogen-bond donors (Lipinski definition) is 1. The summed E-state index contributed by atoms with van der Waals surface area (Å²) >= 11 is 0. The lowest BCUT2D eigenvalue weighted by Crippen LogP contribution is -2.14. The second kappa shape index (κ2) is 11.0. The van der Waals surface area contributed by atoms with Crippen molar-refractivity contribution in [2.75, 3.05) is 13.2 Å². The van der Waals surface area contributed by atoms with Gasteiger partial charge in [0.15, 0.2) is 12.0 Å². The fourth-order valence-corrected chi connectivity index (χ4v) is 3.46. The fraction of sp³-hybridized carbons (Fsp3) is 0.385. The molecule has 0 saturated heterocycles. The van der Waals surface area contributed by atoms with Crippen LogP contribution in [0.5, 0.6) is 5.75 Å². The Labute approximate surface area is 199 Å². The van der Waals surface area contributed by atoms with Crippen molar-refractivity contribution in [3.63, 3.8) is 0 Å². The lowest BCUT2D eigenvalue weighted by Gasteiger charge is -2.23. The number of ether oxygens (including phenoxy) is 2. The Kier molecular flexibility index (Phi) is 8.04. The van der Waals surface area contributed by atoms with Crippen LogP contribution in [0.15, 0.2) is 48.7 Å². The van der Waals surface area contributed by atoms with Crippen molar-refractivity contribution in [1.82, 2.24) is 15.0 Å². The van der Waals surface area contributed by atoms with Gasteiger partial charge in [0.2, 0.25) is 0 Å². The van der Waals surface area contributed by atoms with Crippen LogP contribution in [0.3, 0.4) is 0 Å². The molecule has 1 aromatic heterocycles. The number of phenolic OH excluding ortho intramolecular Hbond substituents is 1. The predicted octanol–water partition coefficient (Wildman–Crippen LogP) is 4.41. The van der Waals surface area contributed by atoms with Crippen molar-refractivity contribution in [3.8, 4) is 11.4 Å². The molecule has 0 aliphatic rings. The number of aldehydes is 1. The summed E-state index contributed by atoms with van der Waals surface area (Å²) in [7, 11) is 0. The molecule has 34 heavy (non-hydrogen) atoms. The molecule has 0 atom stereocenters. The minimum Gasteiger partial charge on any atom is -0.505 e. The number of esters is 1. The first kappa shape index (κ1) is 25.0. The Morgan fingerprint density at radius 3 is 2.29 bits per heavy atom. The van der Waals surface area contributed by atoms with E-state index in [1.165, 1.54) is 4.80 Å². The lowest BCUT2D eigenvalue weighted by molar-refractivity contribution is -0.143. The van der Waals surface area contributed by atoms with Gasteiger partial charge >= 0.3 is 5.97 Å². The molecule has 0 aliphatic carbocycles. The summed E-state index contributed by atoms with van der Waals surface area (Å²) < 4.78 is 10.4. The predicted molar refractivity (Wildman–Crippen MR) is 129 cm³/mol. The number of nitrogens with zero attached hydrogens (tertiary/aromatic N) is 3. The highest BCUT2D eigenvalue weighted by molar-refractivity contribution is 5.74. The Balaban J connectivity index is 1.67. The van der Waals surface area contributed by atoms with Crippen LogP contribution in [0.1, 0.15) is 51.2 Å². The number of benzene rings is 2. The number of rotatable bonds is 11.